The maximum atomic E-state index is 6.00. The molecule has 0 fully saturated rings. The fourth-order valence-corrected chi connectivity index (χ4v) is 1.95. The molecule has 0 saturated heterocycles. The summed E-state index contributed by atoms with van der Waals surface area (Å²) in [5, 5.41) is 15.0. The van der Waals surface area contributed by atoms with E-state index in [9.17, 15) is 0 Å². The molecule has 0 bridgehead atoms. The molecular weight excluding hydrogens is 286 g/mol. The molecule has 0 aliphatic heterocycles. The molecule has 0 saturated carbocycles. The fraction of sp³-hybridized carbons (Fsp3) is 0.400. The molecule has 1 heterocycles. The van der Waals surface area contributed by atoms with Gasteiger partial charge in [0.15, 0.2) is 5.82 Å². The Morgan fingerprint density at radius 3 is 2.86 bits per heavy atom. The molecular formula is C15H20ClN5. The Morgan fingerprint density at radius 2 is 2.10 bits per heavy atom. The minimum atomic E-state index is 0.454. The molecule has 6 heteroatoms. The zero-order chi connectivity index (χ0) is 15.2. The van der Waals surface area contributed by atoms with E-state index >= 15 is 0 Å². The van der Waals surface area contributed by atoms with Crippen LogP contribution in [0.1, 0.15) is 25.8 Å². The van der Waals surface area contributed by atoms with Gasteiger partial charge in [0.1, 0.15) is 0 Å². The molecule has 1 aromatic carbocycles. The fourth-order valence-electron chi connectivity index (χ4n) is 1.78. The number of benzene rings is 1. The van der Waals surface area contributed by atoms with Crippen LogP contribution in [0.15, 0.2) is 24.4 Å². The second-order valence-corrected chi connectivity index (χ2v) is 5.80. The Morgan fingerprint density at radius 1 is 1.29 bits per heavy atom. The first kappa shape index (κ1) is 15.5. The van der Waals surface area contributed by atoms with Crippen LogP contribution in [0, 0.1) is 12.8 Å². The Hall–Kier alpha value is -1.88. The lowest BCUT2D eigenvalue weighted by molar-refractivity contribution is 0.606. The van der Waals surface area contributed by atoms with E-state index in [1.165, 1.54) is 0 Å². The van der Waals surface area contributed by atoms with Crippen molar-refractivity contribution >= 4 is 29.1 Å². The monoisotopic (exact) mass is 305 g/mol. The number of nitrogens with zero attached hydrogens (tertiary/aromatic N) is 3. The van der Waals surface area contributed by atoms with Crippen molar-refractivity contribution in [3.63, 3.8) is 0 Å². The standard InChI is InChI=1S/C15H20ClN5/c1-10(2)6-7-17-14-9-18-21-15(20-14)19-13-8-12(16)5-4-11(13)3/h4-5,8-10H,6-7H2,1-3H3,(H2,17,19,20,21). The summed E-state index contributed by atoms with van der Waals surface area (Å²) in [4.78, 5) is 4.40. The summed E-state index contributed by atoms with van der Waals surface area (Å²) < 4.78 is 0. The molecule has 0 atom stereocenters. The van der Waals surface area contributed by atoms with Crippen LogP contribution in [0.4, 0.5) is 17.5 Å². The van der Waals surface area contributed by atoms with Crippen molar-refractivity contribution in [3.8, 4) is 0 Å². The summed E-state index contributed by atoms with van der Waals surface area (Å²) in [5.41, 5.74) is 1.95. The van der Waals surface area contributed by atoms with Gasteiger partial charge in [-0.3, -0.25) is 0 Å². The second kappa shape index (κ2) is 7.22. The lowest BCUT2D eigenvalue weighted by Crippen LogP contribution is -2.08. The van der Waals surface area contributed by atoms with Crippen LogP contribution in [0.25, 0.3) is 0 Å². The van der Waals surface area contributed by atoms with Crippen molar-refractivity contribution in [1.29, 1.82) is 0 Å². The molecule has 0 amide bonds. The highest BCUT2D eigenvalue weighted by Crippen LogP contribution is 2.22. The number of aryl methyl sites for hydroxylation is 1. The molecule has 1 aromatic heterocycles. The van der Waals surface area contributed by atoms with Crippen molar-refractivity contribution in [2.24, 2.45) is 5.92 Å². The quantitative estimate of drug-likeness (QED) is 0.843. The zero-order valence-electron chi connectivity index (χ0n) is 12.5. The summed E-state index contributed by atoms with van der Waals surface area (Å²) in [6.07, 6.45) is 2.70. The van der Waals surface area contributed by atoms with Gasteiger partial charge in [0, 0.05) is 17.3 Å². The van der Waals surface area contributed by atoms with Crippen LogP contribution in [0.2, 0.25) is 5.02 Å². The third-order valence-corrected chi connectivity index (χ3v) is 3.27. The van der Waals surface area contributed by atoms with Gasteiger partial charge in [0.25, 0.3) is 0 Å². The first-order chi connectivity index (χ1) is 10.0. The zero-order valence-corrected chi connectivity index (χ0v) is 13.3. The van der Waals surface area contributed by atoms with Crippen LogP contribution < -0.4 is 10.6 Å². The molecule has 2 aromatic rings. The van der Waals surface area contributed by atoms with E-state index in [-0.39, 0.29) is 0 Å². The second-order valence-electron chi connectivity index (χ2n) is 5.36. The first-order valence-electron chi connectivity index (χ1n) is 7.01. The van der Waals surface area contributed by atoms with Gasteiger partial charge in [0.2, 0.25) is 5.95 Å². The number of anilines is 3. The molecule has 112 valence electrons. The maximum Gasteiger partial charge on any atom is 0.249 e. The highest BCUT2D eigenvalue weighted by Gasteiger charge is 2.04. The first-order valence-corrected chi connectivity index (χ1v) is 7.39. The highest BCUT2D eigenvalue weighted by atomic mass is 35.5. The van der Waals surface area contributed by atoms with Gasteiger partial charge in [0.05, 0.1) is 6.20 Å². The van der Waals surface area contributed by atoms with Crippen LogP contribution >= 0.6 is 11.6 Å². The summed E-state index contributed by atoms with van der Waals surface area (Å²) >= 11 is 6.00. The number of halogens is 1. The molecule has 21 heavy (non-hydrogen) atoms. The minimum absolute atomic E-state index is 0.454. The van der Waals surface area contributed by atoms with Crippen molar-refractivity contribution in [3.05, 3.63) is 35.0 Å². The van der Waals surface area contributed by atoms with Gasteiger partial charge < -0.3 is 10.6 Å². The van der Waals surface area contributed by atoms with E-state index in [2.05, 4.69) is 39.7 Å². The number of rotatable bonds is 6. The van der Waals surface area contributed by atoms with Gasteiger partial charge in [-0.2, -0.15) is 10.1 Å². The van der Waals surface area contributed by atoms with Crippen LogP contribution in [-0.2, 0) is 0 Å². The molecule has 5 nitrogen and oxygen atoms in total. The molecule has 0 aliphatic rings. The molecule has 0 spiro atoms. The lowest BCUT2D eigenvalue weighted by atomic mass is 10.1. The minimum Gasteiger partial charge on any atom is -0.369 e. The Bertz CT molecular complexity index is 600. The largest absolute Gasteiger partial charge is 0.369 e. The van der Waals surface area contributed by atoms with E-state index < -0.39 is 0 Å². The third-order valence-electron chi connectivity index (χ3n) is 3.03. The van der Waals surface area contributed by atoms with Gasteiger partial charge in [-0.1, -0.05) is 31.5 Å². The Kier molecular flexibility index (Phi) is 5.33. The molecule has 2 rings (SSSR count). The van der Waals surface area contributed by atoms with Crippen molar-refractivity contribution < 1.29 is 0 Å². The number of hydrogen-bond donors (Lipinski definition) is 2. The maximum absolute atomic E-state index is 6.00. The molecule has 2 N–H and O–H groups in total. The van der Waals surface area contributed by atoms with Crippen LogP contribution in [0.5, 0.6) is 0 Å². The SMILES string of the molecule is Cc1ccc(Cl)cc1Nc1nncc(NCCC(C)C)n1. The van der Waals surface area contributed by atoms with Crippen molar-refractivity contribution in [1.82, 2.24) is 15.2 Å². The predicted molar refractivity (Wildman–Crippen MR) is 87.2 cm³/mol. The summed E-state index contributed by atoms with van der Waals surface area (Å²) in [5.74, 6) is 1.82. The summed E-state index contributed by atoms with van der Waals surface area (Å²) in [6, 6.07) is 5.65. The topological polar surface area (TPSA) is 62.7 Å². The highest BCUT2D eigenvalue weighted by molar-refractivity contribution is 6.30. The van der Waals surface area contributed by atoms with Gasteiger partial charge in [-0.15, -0.1) is 5.10 Å². The average Bonchev–Trinajstić information content (AvgIpc) is 2.43. The van der Waals surface area contributed by atoms with E-state index in [1.54, 1.807) is 6.20 Å². The Labute approximate surface area is 130 Å². The summed E-state index contributed by atoms with van der Waals surface area (Å²) in [6.45, 7) is 7.24. The van der Waals surface area contributed by atoms with E-state index in [4.69, 9.17) is 11.6 Å². The molecule has 0 aliphatic carbocycles. The number of nitrogens with one attached hydrogen (secondary N) is 2. The summed E-state index contributed by atoms with van der Waals surface area (Å²) in [7, 11) is 0. The number of aromatic nitrogens is 3. The number of hydrogen-bond acceptors (Lipinski definition) is 5. The predicted octanol–water partition coefficient (Wildman–Crippen LogP) is 4.04. The van der Waals surface area contributed by atoms with Crippen LogP contribution in [0.3, 0.4) is 0 Å². The van der Waals surface area contributed by atoms with Gasteiger partial charge in [-0.25, -0.2) is 0 Å². The van der Waals surface area contributed by atoms with Crippen LogP contribution in [-0.4, -0.2) is 21.7 Å². The smallest absolute Gasteiger partial charge is 0.249 e. The lowest BCUT2D eigenvalue weighted by Gasteiger charge is -2.10. The van der Waals surface area contributed by atoms with E-state index in [0.29, 0.717) is 22.7 Å². The van der Waals surface area contributed by atoms with Crippen molar-refractivity contribution in [2.45, 2.75) is 27.2 Å². The van der Waals surface area contributed by atoms with E-state index in [1.807, 2.05) is 25.1 Å². The van der Waals surface area contributed by atoms with E-state index in [0.717, 1.165) is 24.2 Å². The average molecular weight is 306 g/mol. The molecule has 0 unspecified atom stereocenters. The van der Waals surface area contributed by atoms with Crippen molar-refractivity contribution in [2.75, 3.05) is 17.2 Å². The third kappa shape index (κ3) is 4.86. The Balaban J connectivity index is 2.05. The molecule has 0 radical (unpaired) electrons. The van der Waals surface area contributed by atoms with Gasteiger partial charge in [-0.05, 0) is 37.0 Å². The van der Waals surface area contributed by atoms with Gasteiger partial charge >= 0.3 is 0 Å². The normalized spacial score (nSPS) is 10.7.